The summed E-state index contributed by atoms with van der Waals surface area (Å²) in [6.45, 7) is 1.97. The van der Waals surface area contributed by atoms with Crippen molar-refractivity contribution in [3.05, 3.63) is 64.5 Å². The largest absolute Gasteiger partial charge is 0.497 e. The van der Waals surface area contributed by atoms with Crippen LogP contribution in [0, 0.1) is 6.92 Å². The van der Waals surface area contributed by atoms with Gasteiger partial charge in [-0.3, -0.25) is 4.79 Å². The maximum atomic E-state index is 12.5. The Kier molecular flexibility index (Phi) is 3.03. The molecule has 0 spiro atoms. The molecule has 2 aromatic carbocycles. The summed E-state index contributed by atoms with van der Waals surface area (Å²) in [5, 5.41) is 0.601. The van der Waals surface area contributed by atoms with Crippen LogP contribution in [0.4, 0.5) is 0 Å². The molecule has 1 aromatic heterocycles. The van der Waals surface area contributed by atoms with E-state index in [-0.39, 0.29) is 5.43 Å². The molecule has 0 amide bonds. The van der Waals surface area contributed by atoms with E-state index in [1.807, 2.05) is 49.4 Å². The third-order valence-electron chi connectivity index (χ3n) is 3.33. The Balaban J connectivity index is 2.18. The van der Waals surface area contributed by atoms with Gasteiger partial charge in [-0.2, -0.15) is 0 Å². The molecule has 0 N–H and O–H groups in total. The van der Waals surface area contributed by atoms with Crippen molar-refractivity contribution in [3.63, 3.8) is 0 Å². The minimum Gasteiger partial charge on any atom is -0.497 e. The van der Waals surface area contributed by atoms with E-state index >= 15 is 0 Å². The van der Waals surface area contributed by atoms with Crippen molar-refractivity contribution in [2.24, 2.45) is 0 Å². The number of rotatable bonds is 2. The second-order valence-corrected chi connectivity index (χ2v) is 4.71. The lowest BCUT2D eigenvalue weighted by Crippen LogP contribution is -2.04. The molecular weight excluding hydrogens is 252 g/mol. The van der Waals surface area contributed by atoms with E-state index in [0.29, 0.717) is 16.5 Å². The molecule has 1 heterocycles. The average Bonchev–Trinajstić information content (AvgIpc) is 2.48. The van der Waals surface area contributed by atoms with Crippen LogP contribution in [0.2, 0.25) is 0 Å². The van der Waals surface area contributed by atoms with Gasteiger partial charge in [-0.1, -0.05) is 18.2 Å². The van der Waals surface area contributed by atoms with E-state index in [2.05, 4.69) is 0 Å². The average molecular weight is 266 g/mol. The first kappa shape index (κ1) is 12.5. The summed E-state index contributed by atoms with van der Waals surface area (Å²) in [5.41, 5.74) is 3.05. The Labute approximate surface area is 116 Å². The minimum absolute atomic E-state index is 0.0172. The fraction of sp³-hybridized carbons (Fsp3) is 0.118. The molecular formula is C17H14O3. The predicted molar refractivity (Wildman–Crippen MR) is 79.2 cm³/mol. The van der Waals surface area contributed by atoms with Gasteiger partial charge in [0, 0.05) is 0 Å². The van der Waals surface area contributed by atoms with Crippen LogP contribution in [0.1, 0.15) is 5.56 Å². The highest BCUT2D eigenvalue weighted by molar-refractivity contribution is 5.82. The normalized spacial score (nSPS) is 10.7. The summed E-state index contributed by atoms with van der Waals surface area (Å²) in [7, 11) is 1.61. The van der Waals surface area contributed by atoms with Crippen molar-refractivity contribution in [2.75, 3.05) is 7.11 Å². The highest BCUT2D eigenvalue weighted by Crippen LogP contribution is 2.22. The Hall–Kier alpha value is -2.55. The van der Waals surface area contributed by atoms with Crippen LogP contribution in [0.25, 0.3) is 22.1 Å². The maximum Gasteiger partial charge on any atom is 0.200 e. The van der Waals surface area contributed by atoms with Crippen LogP contribution >= 0.6 is 0 Å². The monoisotopic (exact) mass is 266 g/mol. The Morgan fingerprint density at radius 1 is 1.05 bits per heavy atom. The van der Waals surface area contributed by atoms with Crippen molar-refractivity contribution in [1.82, 2.24) is 0 Å². The molecule has 0 aliphatic heterocycles. The zero-order chi connectivity index (χ0) is 14.1. The summed E-state index contributed by atoms with van der Waals surface area (Å²) in [4.78, 5) is 12.5. The second-order valence-electron chi connectivity index (χ2n) is 4.71. The summed E-state index contributed by atoms with van der Waals surface area (Å²) in [5.74, 6) is 0.759. The van der Waals surface area contributed by atoms with E-state index < -0.39 is 0 Å². The van der Waals surface area contributed by atoms with E-state index in [9.17, 15) is 4.79 Å². The summed E-state index contributed by atoms with van der Waals surface area (Å²) in [6.07, 6.45) is 1.52. The second kappa shape index (κ2) is 4.85. The predicted octanol–water partition coefficient (Wildman–Crippen LogP) is 3.78. The van der Waals surface area contributed by atoms with Crippen molar-refractivity contribution in [2.45, 2.75) is 6.92 Å². The van der Waals surface area contributed by atoms with Crippen molar-refractivity contribution in [1.29, 1.82) is 0 Å². The Morgan fingerprint density at radius 3 is 2.50 bits per heavy atom. The third-order valence-corrected chi connectivity index (χ3v) is 3.33. The molecule has 0 saturated carbocycles. The van der Waals surface area contributed by atoms with Gasteiger partial charge in [0.05, 0.1) is 18.1 Å². The molecule has 0 aliphatic rings. The molecule has 0 radical (unpaired) electrons. The first-order chi connectivity index (χ1) is 9.69. The molecule has 0 unspecified atom stereocenters. The highest BCUT2D eigenvalue weighted by atomic mass is 16.5. The first-order valence-corrected chi connectivity index (χ1v) is 6.35. The zero-order valence-electron chi connectivity index (χ0n) is 11.3. The molecule has 3 aromatic rings. The van der Waals surface area contributed by atoms with Crippen molar-refractivity contribution >= 4 is 11.0 Å². The van der Waals surface area contributed by atoms with E-state index in [4.69, 9.17) is 9.15 Å². The lowest BCUT2D eigenvalue weighted by atomic mass is 10.0. The number of hydrogen-bond acceptors (Lipinski definition) is 3. The lowest BCUT2D eigenvalue weighted by Gasteiger charge is -2.04. The SMILES string of the molecule is COc1ccc(-c2coc3cc(C)ccc3c2=O)cc1. The molecule has 0 bridgehead atoms. The maximum absolute atomic E-state index is 12.5. The molecule has 3 rings (SSSR count). The van der Waals surface area contributed by atoms with Gasteiger partial charge in [0.2, 0.25) is 0 Å². The number of ether oxygens (including phenoxy) is 1. The van der Waals surface area contributed by atoms with Gasteiger partial charge < -0.3 is 9.15 Å². The third kappa shape index (κ3) is 2.07. The Morgan fingerprint density at radius 2 is 1.80 bits per heavy atom. The molecule has 0 atom stereocenters. The molecule has 0 aliphatic carbocycles. The van der Waals surface area contributed by atoms with E-state index in [1.165, 1.54) is 6.26 Å². The molecule has 0 saturated heterocycles. The zero-order valence-corrected chi connectivity index (χ0v) is 11.3. The number of fused-ring (bicyclic) bond motifs is 1. The highest BCUT2D eigenvalue weighted by Gasteiger charge is 2.09. The fourth-order valence-electron chi connectivity index (χ4n) is 2.21. The molecule has 100 valence electrons. The Bertz CT molecular complexity index is 814. The van der Waals surface area contributed by atoms with Gasteiger partial charge >= 0.3 is 0 Å². The van der Waals surface area contributed by atoms with Gasteiger partial charge in [0.15, 0.2) is 5.43 Å². The summed E-state index contributed by atoms with van der Waals surface area (Å²) >= 11 is 0. The van der Waals surface area contributed by atoms with Gasteiger partial charge in [0.25, 0.3) is 0 Å². The summed E-state index contributed by atoms with van der Waals surface area (Å²) in [6, 6.07) is 13.0. The topological polar surface area (TPSA) is 39.4 Å². The fourth-order valence-corrected chi connectivity index (χ4v) is 2.21. The van der Waals surface area contributed by atoms with Crippen LogP contribution in [-0.4, -0.2) is 7.11 Å². The standard InChI is InChI=1S/C17H14O3/c1-11-3-8-14-16(9-11)20-10-15(17(14)18)12-4-6-13(19-2)7-5-12/h3-10H,1-2H3. The summed E-state index contributed by atoms with van der Waals surface area (Å²) < 4.78 is 10.7. The molecule has 3 nitrogen and oxygen atoms in total. The van der Waals surface area contributed by atoms with Crippen LogP contribution < -0.4 is 10.2 Å². The van der Waals surface area contributed by atoms with Crippen molar-refractivity contribution < 1.29 is 9.15 Å². The van der Waals surface area contributed by atoms with Crippen LogP contribution in [0.5, 0.6) is 5.75 Å². The smallest absolute Gasteiger partial charge is 0.200 e. The van der Waals surface area contributed by atoms with E-state index in [1.54, 1.807) is 7.11 Å². The van der Waals surface area contributed by atoms with Crippen LogP contribution in [-0.2, 0) is 0 Å². The molecule has 3 heteroatoms. The first-order valence-electron chi connectivity index (χ1n) is 6.35. The van der Waals surface area contributed by atoms with Crippen molar-refractivity contribution in [3.8, 4) is 16.9 Å². The number of hydrogen-bond donors (Lipinski definition) is 0. The van der Waals surface area contributed by atoms with E-state index in [0.717, 1.165) is 16.9 Å². The van der Waals surface area contributed by atoms with Crippen LogP contribution in [0.15, 0.2) is 57.9 Å². The lowest BCUT2D eigenvalue weighted by molar-refractivity contribution is 0.415. The number of methoxy groups -OCH3 is 1. The van der Waals surface area contributed by atoms with Gasteiger partial charge in [-0.05, 0) is 42.3 Å². The van der Waals surface area contributed by atoms with Gasteiger partial charge in [-0.15, -0.1) is 0 Å². The van der Waals surface area contributed by atoms with Crippen LogP contribution in [0.3, 0.4) is 0 Å². The van der Waals surface area contributed by atoms with Gasteiger partial charge in [-0.25, -0.2) is 0 Å². The van der Waals surface area contributed by atoms with Gasteiger partial charge in [0.1, 0.15) is 17.6 Å². The minimum atomic E-state index is -0.0172. The molecule has 0 fully saturated rings. The quantitative estimate of drug-likeness (QED) is 0.708. The number of aryl methyl sites for hydroxylation is 1. The number of benzene rings is 2. The molecule has 20 heavy (non-hydrogen) atoms.